The van der Waals surface area contributed by atoms with Crippen molar-refractivity contribution in [3.8, 4) is 0 Å². The van der Waals surface area contributed by atoms with Crippen molar-refractivity contribution in [1.29, 1.82) is 0 Å². The maximum Gasteiger partial charge on any atom is 0.123 e. The SMILES string of the molecule is Cc1ccc(C(C)(O)Cc2ccc(F)cc2C)cc1. The van der Waals surface area contributed by atoms with Crippen LogP contribution in [0.25, 0.3) is 0 Å². The Morgan fingerprint density at radius 3 is 2.26 bits per heavy atom. The number of aliphatic hydroxyl groups is 1. The Bertz CT molecular complexity index is 570. The third-order valence-electron chi connectivity index (χ3n) is 3.51. The summed E-state index contributed by atoms with van der Waals surface area (Å²) in [7, 11) is 0. The van der Waals surface area contributed by atoms with Crippen LogP contribution in [0, 0.1) is 19.7 Å². The van der Waals surface area contributed by atoms with Gasteiger partial charge in [-0.3, -0.25) is 0 Å². The minimum atomic E-state index is -0.948. The lowest BCUT2D eigenvalue weighted by molar-refractivity contribution is 0.0574. The fourth-order valence-corrected chi connectivity index (χ4v) is 2.24. The van der Waals surface area contributed by atoms with Crippen molar-refractivity contribution in [1.82, 2.24) is 0 Å². The molecule has 0 saturated heterocycles. The highest BCUT2D eigenvalue weighted by atomic mass is 19.1. The molecule has 0 spiro atoms. The van der Waals surface area contributed by atoms with Crippen LogP contribution in [-0.2, 0) is 12.0 Å². The molecule has 1 atom stereocenters. The van der Waals surface area contributed by atoms with Gasteiger partial charge in [0.25, 0.3) is 0 Å². The molecule has 0 aliphatic carbocycles. The van der Waals surface area contributed by atoms with Crippen molar-refractivity contribution in [2.45, 2.75) is 32.8 Å². The highest BCUT2D eigenvalue weighted by Gasteiger charge is 2.24. The van der Waals surface area contributed by atoms with Gasteiger partial charge < -0.3 is 5.11 Å². The molecule has 2 aromatic carbocycles. The molecule has 19 heavy (non-hydrogen) atoms. The van der Waals surface area contributed by atoms with E-state index in [4.69, 9.17) is 0 Å². The first-order valence-corrected chi connectivity index (χ1v) is 6.43. The molecule has 2 rings (SSSR count). The van der Waals surface area contributed by atoms with E-state index in [1.807, 2.05) is 38.1 Å². The van der Waals surface area contributed by atoms with Crippen LogP contribution < -0.4 is 0 Å². The van der Waals surface area contributed by atoms with Gasteiger partial charge in [0.15, 0.2) is 0 Å². The highest BCUT2D eigenvalue weighted by Crippen LogP contribution is 2.27. The van der Waals surface area contributed by atoms with Crippen LogP contribution in [0.4, 0.5) is 4.39 Å². The molecule has 0 bridgehead atoms. The van der Waals surface area contributed by atoms with Crippen molar-refractivity contribution in [3.63, 3.8) is 0 Å². The minimum Gasteiger partial charge on any atom is -0.385 e. The molecule has 2 aromatic rings. The highest BCUT2D eigenvalue weighted by molar-refractivity contribution is 5.32. The van der Waals surface area contributed by atoms with Gasteiger partial charge in [0.2, 0.25) is 0 Å². The van der Waals surface area contributed by atoms with E-state index in [2.05, 4.69) is 0 Å². The van der Waals surface area contributed by atoms with Gasteiger partial charge in [-0.2, -0.15) is 0 Å². The molecular formula is C17H19FO. The van der Waals surface area contributed by atoms with E-state index < -0.39 is 5.60 Å². The quantitative estimate of drug-likeness (QED) is 0.885. The molecule has 0 aliphatic heterocycles. The number of aryl methyl sites for hydroxylation is 2. The summed E-state index contributed by atoms with van der Waals surface area (Å²) in [6.45, 7) is 5.67. The monoisotopic (exact) mass is 258 g/mol. The number of hydrogen-bond donors (Lipinski definition) is 1. The van der Waals surface area contributed by atoms with Crippen LogP contribution in [0.1, 0.15) is 29.2 Å². The van der Waals surface area contributed by atoms with Crippen LogP contribution >= 0.6 is 0 Å². The molecule has 100 valence electrons. The second kappa shape index (κ2) is 5.14. The van der Waals surface area contributed by atoms with E-state index >= 15 is 0 Å². The molecule has 0 fully saturated rings. The van der Waals surface area contributed by atoms with Gasteiger partial charge in [-0.05, 0) is 49.6 Å². The molecule has 1 N–H and O–H groups in total. The smallest absolute Gasteiger partial charge is 0.123 e. The Morgan fingerprint density at radius 1 is 1.05 bits per heavy atom. The minimum absolute atomic E-state index is 0.240. The summed E-state index contributed by atoms with van der Waals surface area (Å²) in [6, 6.07) is 12.5. The van der Waals surface area contributed by atoms with Crippen molar-refractivity contribution >= 4 is 0 Å². The average molecular weight is 258 g/mol. The Balaban J connectivity index is 2.27. The zero-order chi connectivity index (χ0) is 14.0. The number of rotatable bonds is 3. The van der Waals surface area contributed by atoms with Gasteiger partial charge in [-0.15, -0.1) is 0 Å². The molecule has 1 nitrogen and oxygen atoms in total. The van der Waals surface area contributed by atoms with Crippen LogP contribution in [0.15, 0.2) is 42.5 Å². The summed E-state index contributed by atoms with van der Waals surface area (Å²) >= 11 is 0. The molecule has 0 amide bonds. The molecule has 1 unspecified atom stereocenters. The van der Waals surface area contributed by atoms with Gasteiger partial charge in [-0.25, -0.2) is 4.39 Å². The maximum atomic E-state index is 13.1. The molecular weight excluding hydrogens is 239 g/mol. The summed E-state index contributed by atoms with van der Waals surface area (Å²) in [5.41, 5.74) is 2.93. The van der Waals surface area contributed by atoms with Gasteiger partial charge in [0.05, 0.1) is 5.60 Å². The van der Waals surface area contributed by atoms with Gasteiger partial charge in [0, 0.05) is 6.42 Å². The summed E-state index contributed by atoms with van der Waals surface area (Å²) in [5.74, 6) is -0.240. The fraction of sp³-hybridized carbons (Fsp3) is 0.294. The summed E-state index contributed by atoms with van der Waals surface area (Å²) in [4.78, 5) is 0. The van der Waals surface area contributed by atoms with E-state index in [1.165, 1.54) is 12.1 Å². The van der Waals surface area contributed by atoms with E-state index in [-0.39, 0.29) is 5.82 Å². The number of benzene rings is 2. The summed E-state index contributed by atoms with van der Waals surface area (Å²) in [5, 5.41) is 10.6. The first-order valence-electron chi connectivity index (χ1n) is 6.43. The zero-order valence-electron chi connectivity index (χ0n) is 11.6. The summed E-state index contributed by atoms with van der Waals surface area (Å²) in [6.07, 6.45) is 0.474. The molecule has 2 heteroatoms. The van der Waals surface area contributed by atoms with Crippen LogP contribution in [0.5, 0.6) is 0 Å². The van der Waals surface area contributed by atoms with Crippen LogP contribution in [0.3, 0.4) is 0 Å². The number of halogens is 1. The Morgan fingerprint density at radius 2 is 1.68 bits per heavy atom. The Kier molecular flexibility index (Phi) is 3.72. The standard InChI is InChI=1S/C17H19FO/c1-12-4-7-15(8-5-12)17(3,19)11-14-6-9-16(18)10-13(14)2/h4-10,19H,11H2,1-3H3. The average Bonchev–Trinajstić information content (AvgIpc) is 2.33. The summed E-state index contributed by atoms with van der Waals surface area (Å²) < 4.78 is 13.1. The fourth-order valence-electron chi connectivity index (χ4n) is 2.24. The van der Waals surface area contributed by atoms with E-state index in [1.54, 1.807) is 13.0 Å². The second-order valence-electron chi connectivity index (χ2n) is 5.39. The van der Waals surface area contributed by atoms with Crippen LogP contribution in [-0.4, -0.2) is 5.11 Å². The zero-order valence-corrected chi connectivity index (χ0v) is 11.6. The van der Waals surface area contributed by atoms with Gasteiger partial charge in [0.1, 0.15) is 5.82 Å². The third kappa shape index (κ3) is 3.21. The van der Waals surface area contributed by atoms with Crippen LogP contribution in [0.2, 0.25) is 0 Å². The van der Waals surface area contributed by atoms with Crippen molar-refractivity contribution < 1.29 is 9.50 Å². The van der Waals surface area contributed by atoms with Crippen molar-refractivity contribution in [3.05, 3.63) is 70.5 Å². The third-order valence-corrected chi connectivity index (χ3v) is 3.51. The lowest BCUT2D eigenvalue weighted by atomic mass is 9.87. The van der Waals surface area contributed by atoms with Gasteiger partial charge in [-0.1, -0.05) is 35.9 Å². The molecule has 0 aromatic heterocycles. The molecule has 0 aliphatic rings. The van der Waals surface area contributed by atoms with E-state index in [9.17, 15) is 9.50 Å². The molecule has 0 saturated carbocycles. The predicted molar refractivity (Wildman–Crippen MR) is 75.6 cm³/mol. The topological polar surface area (TPSA) is 20.2 Å². The first-order chi connectivity index (χ1) is 8.88. The Hall–Kier alpha value is -1.67. The molecule has 0 heterocycles. The van der Waals surface area contributed by atoms with Gasteiger partial charge >= 0.3 is 0 Å². The first kappa shape index (κ1) is 13.8. The van der Waals surface area contributed by atoms with E-state index in [0.717, 1.165) is 22.3 Å². The second-order valence-corrected chi connectivity index (χ2v) is 5.39. The van der Waals surface area contributed by atoms with Crippen molar-refractivity contribution in [2.24, 2.45) is 0 Å². The lowest BCUT2D eigenvalue weighted by Gasteiger charge is -2.25. The molecule has 0 radical (unpaired) electrons. The van der Waals surface area contributed by atoms with Crippen molar-refractivity contribution in [2.75, 3.05) is 0 Å². The predicted octanol–water partition coefficient (Wildman–Crippen LogP) is 3.89. The largest absolute Gasteiger partial charge is 0.385 e. The normalized spacial score (nSPS) is 14.2. The lowest BCUT2D eigenvalue weighted by Crippen LogP contribution is -2.24. The van der Waals surface area contributed by atoms with E-state index in [0.29, 0.717) is 6.42 Å². The maximum absolute atomic E-state index is 13.1. The Labute approximate surface area is 113 Å². The number of hydrogen-bond acceptors (Lipinski definition) is 1.